The Labute approximate surface area is 142 Å². The number of nitrogens with zero attached hydrogens (tertiary/aromatic N) is 5. The number of hydrogen-bond acceptors (Lipinski definition) is 6. The SMILES string of the molecule is CCN1CCOC(CN2CCN(c3ncnc4[nH]ccc34)CC2)C1. The third kappa shape index (κ3) is 3.24. The number of fused-ring (bicyclic) bond motifs is 1. The number of aromatic amines is 1. The van der Waals surface area contributed by atoms with Gasteiger partial charge in [-0.2, -0.15) is 0 Å². The Kier molecular flexibility index (Phi) is 4.64. The van der Waals surface area contributed by atoms with Gasteiger partial charge >= 0.3 is 0 Å². The fraction of sp³-hybridized carbons (Fsp3) is 0.647. The van der Waals surface area contributed by atoms with E-state index in [1.807, 2.05) is 6.20 Å². The quantitative estimate of drug-likeness (QED) is 0.895. The summed E-state index contributed by atoms with van der Waals surface area (Å²) in [6.45, 7) is 11.5. The molecule has 2 fully saturated rings. The molecule has 7 heteroatoms. The maximum Gasteiger partial charge on any atom is 0.142 e. The number of likely N-dealkylation sites (N-methyl/N-ethyl adjacent to an activating group) is 1. The van der Waals surface area contributed by atoms with E-state index in [0.717, 1.165) is 75.8 Å². The molecule has 0 aliphatic carbocycles. The summed E-state index contributed by atoms with van der Waals surface area (Å²) in [6.07, 6.45) is 3.93. The number of ether oxygens (including phenoxy) is 1. The van der Waals surface area contributed by atoms with Gasteiger partial charge in [0, 0.05) is 52.0 Å². The van der Waals surface area contributed by atoms with Gasteiger partial charge in [-0.05, 0) is 12.6 Å². The number of aromatic nitrogens is 3. The van der Waals surface area contributed by atoms with Gasteiger partial charge in [0.25, 0.3) is 0 Å². The molecule has 0 spiro atoms. The number of morpholine rings is 1. The molecule has 0 aromatic carbocycles. The minimum atomic E-state index is 0.348. The largest absolute Gasteiger partial charge is 0.374 e. The highest BCUT2D eigenvalue weighted by Crippen LogP contribution is 2.23. The van der Waals surface area contributed by atoms with Gasteiger partial charge in [-0.25, -0.2) is 9.97 Å². The number of nitrogens with one attached hydrogen (secondary N) is 1. The highest BCUT2D eigenvalue weighted by Gasteiger charge is 2.25. The molecule has 0 radical (unpaired) electrons. The molecule has 2 aliphatic heterocycles. The third-order valence-electron chi connectivity index (χ3n) is 5.14. The van der Waals surface area contributed by atoms with Crippen molar-refractivity contribution in [3.8, 4) is 0 Å². The van der Waals surface area contributed by atoms with Crippen molar-refractivity contribution in [1.82, 2.24) is 24.8 Å². The first-order chi connectivity index (χ1) is 11.8. The first kappa shape index (κ1) is 15.8. The summed E-state index contributed by atoms with van der Waals surface area (Å²) in [5.41, 5.74) is 0.915. The molecule has 130 valence electrons. The molecule has 0 amide bonds. The molecular weight excluding hydrogens is 304 g/mol. The molecule has 2 aromatic rings. The lowest BCUT2D eigenvalue weighted by Gasteiger charge is -2.39. The molecule has 1 N–H and O–H groups in total. The number of hydrogen-bond donors (Lipinski definition) is 1. The van der Waals surface area contributed by atoms with Crippen LogP contribution in [0.2, 0.25) is 0 Å². The molecule has 4 rings (SSSR count). The summed E-state index contributed by atoms with van der Waals surface area (Å²) in [5, 5.41) is 1.11. The van der Waals surface area contributed by atoms with Gasteiger partial charge in [-0.1, -0.05) is 6.92 Å². The maximum absolute atomic E-state index is 5.95. The lowest BCUT2D eigenvalue weighted by Crippen LogP contribution is -2.52. The summed E-state index contributed by atoms with van der Waals surface area (Å²) in [6, 6.07) is 2.06. The van der Waals surface area contributed by atoms with Crippen LogP contribution in [0.5, 0.6) is 0 Å². The fourth-order valence-electron chi connectivity index (χ4n) is 3.72. The van der Waals surface area contributed by atoms with E-state index in [4.69, 9.17) is 4.74 Å². The summed E-state index contributed by atoms with van der Waals surface area (Å²) in [4.78, 5) is 19.3. The van der Waals surface area contributed by atoms with Gasteiger partial charge in [0.1, 0.15) is 17.8 Å². The number of rotatable bonds is 4. The zero-order valence-corrected chi connectivity index (χ0v) is 14.3. The van der Waals surface area contributed by atoms with Crippen LogP contribution < -0.4 is 4.90 Å². The van der Waals surface area contributed by atoms with E-state index in [1.165, 1.54) is 0 Å². The van der Waals surface area contributed by atoms with Crippen molar-refractivity contribution < 1.29 is 4.74 Å². The topological polar surface area (TPSA) is 60.5 Å². The average molecular weight is 330 g/mol. The average Bonchev–Trinajstić information content (AvgIpc) is 3.11. The van der Waals surface area contributed by atoms with Gasteiger partial charge in [-0.15, -0.1) is 0 Å². The van der Waals surface area contributed by atoms with E-state index in [1.54, 1.807) is 6.33 Å². The Morgan fingerprint density at radius 2 is 2.04 bits per heavy atom. The molecule has 2 saturated heterocycles. The lowest BCUT2D eigenvalue weighted by atomic mass is 10.2. The van der Waals surface area contributed by atoms with E-state index in [2.05, 4.69) is 42.6 Å². The Morgan fingerprint density at radius 3 is 2.88 bits per heavy atom. The zero-order chi connectivity index (χ0) is 16.4. The van der Waals surface area contributed by atoms with Crippen LogP contribution in [-0.2, 0) is 4.74 Å². The third-order valence-corrected chi connectivity index (χ3v) is 5.14. The molecule has 24 heavy (non-hydrogen) atoms. The Morgan fingerprint density at radius 1 is 1.17 bits per heavy atom. The monoisotopic (exact) mass is 330 g/mol. The Balaban J connectivity index is 1.34. The molecular formula is C17H26N6O. The number of anilines is 1. The van der Waals surface area contributed by atoms with Gasteiger partial charge in [0.15, 0.2) is 0 Å². The summed E-state index contributed by atoms with van der Waals surface area (Å²) >= 11 is 0. The van der Waals surface area contributed by atoms with Crippen LogP contribution >= 0.6 is 0 Å². The number of H-pyrrole nitrogens is 1. The molecule has 7 nitrogen and oxygen atoms in total. The minimum absolute atomic E-state index is 0.348. The van der Waals surface area contributed by atoms with Gasteiger partial charge in [0.05, 0.1) is 18.1 Å². The molecule has 2 aliphatic rings. The molecule has 4 heterocycles. The molecule has 0 bridgehead atoms. The predicted octanol–water partition coefficient (Wildman–Crippen LogP) is 0.801. The van der Waals surface area contributed by atoms with Gasteiger partial charge < -0.3 is 14.6 Å². The van der Waals surface area contributed by atoms with E-state index >= 15 is 0 Å². The summed E-state index contributed by atoms with van der Waals surface area (Å²) < 4.78 is 5.95. The van der Waals surface area contributed by atoms with Crippen LogP contribution in [-0.4, -0.2) is 89.8 Å². The van der Waals surface area contributed by atoms with E-state index in [0.29, 0.717) is 6.10 Å². The number of piperazine rings is 1. The maximum atomic E-state index is 5.95. The van der Waals surface area contributed by atoms with Crippen molar-refractivity contribution >= 4 is 16.9 Å². The highest BCUT2D eigenvalue weighted by atomic mass is 16.5. The van der Waals surface area contributed by atoms with Crippen LogP contribution in [0.15, 0.2) is 18.6 Å². The van der Waals surface area contributed by atoms with Crippen LogP contribution in [0.1, 0.15) is 6.92 Å². The smallest absolute Gasteiger partial charge is 0.142 e. The van der Waals surface area contributed by atoms with Crippen molar-refractivity contribution in [3.05, 3.63) is 18.6 Å². The standard InChI is InChI=1S/C17H26N6O/c1-2-21-9-10-24-14(11-21)12-22-5-7-23(8-6-22)17-15-3-4-18-16(15)19-13-20-17/h3-4,13-14H,2,5-12H2,1H3,(H,18,19,20). The van der Waals surface area contributed by atoms with Crippen molar-refractivity contribution in [1.29, 1.82) is 0 Å². The molecule has 1 unspecified atom stereocenters. The Hall–Kier alpha value is -1.70. The second-order valence-corrected chi connectivity index (χ2v) is 6.61. The summed E-state index contributed by atoms with van der Waals surface area (Å²) in [7, 11) is 0. The second-order valence-electron chi connectivity index (χ2n) is 6.61. The normalized spacial score (nSPS) is 23.9. The molecule has 1 atom stereocenters. The van der Waals surface area contributed by atoms with Crippen molar-refractivity contribution in [2.45, 2.75) is 13.0 Å². The Bertz CT molecular complexity index is 666. The fourth-order valence-corrected chi connectivity index (χ4v) is 3.72. The first-order valence-corrected chi connectivity index (χ1v) is 8.93. The molecule has 0 saturated carbocycles. The lowest BCUT2D eigenvalue weighted by molar-refractivity contribution is -0.0422. The van der Waals surface area contributed by atoms with Crippen LogP contribution in [0.4, 0.5) is 5.82 Å². The van der Waals surface area contributed by atoms with E-state index < -0.39 is 0 Å². The second kappa shape index (κ2) is 7.04. The van der Waals surface area contributed by atoms with E-state index in [9.17, 15) is 0 Å². The van der Waals surface area contributed by atoms with E-state index in [-0.39, 0.29) is 0 Å². The van der Waals surface area contributed by atoms with Crippen LogP contribution in [0.3, 0.4) is 0 Å². The van der Waals surface area contributed by atoms with Crippen molar-refractivity contribution in [2.75, 3.05) is 63.9 Å². The van der Waals surface area contributed by atoms with Crippen LogP contribution in [0, 0.1) is 0 Å². The van der Waals surface area contributed by atoms with Crippen molar-refractivity contribution in [3.63, 3.8) is 0 Å². The van der Waals surface area contributed by atoms with Crippen molar-refractivity contribution in [2.24, 2.45) is 0 Å². The highest BCUT2D eigenvalue weighted by molar-refractivity contribution is 5.87. The first-order valence-electron chi connectivity index (χ1n) is 8.93. The van der Waals surface area contributed by atoms with Crippen LogP contribution in [0.25, 0.3) is 11.0 Å². The predicted molar refractivity (Wildman–Crippen MR) is 94.4 cm³/mol. The zero-order valence-electron chi connectivity index (χ0n) is 14.3. The van der Waals surface area contributed by atoms with Gasteiger partial charge in [0.2, 0.25) is 0 Å². The van der Waals surface area contributed by atoms with Gasteiger partial charge in [-0.3, -0.25) is 9.80 Å². The summed E-state index contributed by atoms with van der Waals surface area (Å²) in [5.74, 6) is 1.05. The molecule has 2 aromatic heterocycles. The minimum Gasteiger partial charge on any atom is -0.374 e.